The maximum absolute atomic E-state index is 12.3. The second kappa shape index (κ2) is 6.36. The van der Waals surface area contributed by atoms with Crippen LogP contribution in [0.1, 0.15) is 10.4 Å². The molecule has 0 aliphatic carbocycles. The van der Waals surface area contributed by atoms with E-state index in [9.17, 15) is 14.9 Å². The summed E-state index contributed by atoms with van der Waals surface area (Å²) in [6.07, 6.45) is 0. The van der Waals surface area contributed by atoms with E-state index in [1.54, 1.807) is 37.4 Å². The molecule has 7 heteroatoms. The molecule has 0 unspecified atom stereocenters. The van der Waals surface area contributed by atoms with E-state index in [0.717, 1.165) is 0 Å². The van der Waals surface area contributed by atoms with Gasteiger partial charge >= 0.3 is 5.69 Å². The molecule has 0 aliphatic heterocycles. The van der Waals surface area contributed by atoms with E-state index in [4.69, 9.17) is 0 Å². The van der Waals surface area contributed by atoms with Gasteiger partial charge in [-0.1, -0.05) is 18.2 Å². The van der Waals surface area contributed by atoms with E-state index in [0.29, 0.717) is 15.8 Å². The Bertz CT molecular complexity index is 704. The number of para-hydroxylation sites is 2. The van der Waals surface area contributed by atoms with Gasteiger partial charge in [0.15, 0.2) is 0 Å². The lowest BCUT2D eigenvalue weighted by molar-refractivity contribution is -0.384. The van der Waals surface area contributed by atoms with Crippen molar-refractivity contribution in [3.8, 4) is 0 Å². The van der Waals surface area contributed by atoms with Crippen LogP contribution in [0.25, 0.3) is 0 Å². The number of hydrogen-bond donors (Lipinski definition) is 2. The molecule has 2 aromatic rings. The number of halogens is 1. The van der Waals surface area contributed by atoms with Crippen LogP contribution in [0.3, 0.4) is 0 Å². The van der Waals surface area contributed by atoms with Gasteiger partial charge in [0.1, 0.15) is 11.3 Å². The van der Waals surface area contributed by atoms with Crippen LogP contribution < -0.4 is 10.6 Å². The molecule has 0 fully saturated rings. The number of nitro benzene ring substituents is 1. The van der Waals surface area contributed by atoms with Gasteiger partial charge in [0, 0.05) is 11.5 Å². The number of hydrogen-bond acceptors (Lipinski definition) is 4. The quantitative estimate of drug-likeness (QED) is 0.651. The first-order valence-electron chi connectivity index (χ1n) is 6.05. The fourth-order valence-electron chi connectivity index (χ4n) is 1.88. The zero-order valence-corrected chi connectivity index (χ0v) is 12.7. The van der Waals surface area contributed by atoms with E-state index in [1.165, 1.54) is 6.07 Å². The summed E-state index contributed by atoms with van der Waals surface area (Å²) in [5.74, 6) is -0.536. The van der Waals surface area contributed by atoms with Crippen LogP contribution >= 0.6 is 15.9 Å². The molecular formula is C14H12BrN3O3. The lowest BCUT2D eigenvalue weighted by atomic mass is 10.1. The van der Waals surface area contributed by atoms with Gasteiger partial charge in [0.05, 0.1) is 10.6 Å². The van der Waals surface area contributed by atoms with Gasteiger partial charge in [-0.25, -0.2) is 0 Å². The average molecular weight is 350 g/mol. The fraction of sp³-hybridized carbons (Fsp3) is 0.0714. The summed E-state index contributed by atoms with van der Waals surface area (Å²) in [6.45, 7) is 0. The van der Waals surface area contributed by atoms with Crippen LogP contribution in [0.5, 0.6) is 0 Å². The molecule has 2 rings (SSSR count). The standard InChI is InChI=1S/C14H12BrN3O3/c1-16-12-8-4-5-9(13(12)18(20)21)14(19)17-11-7-3-2-6-10(11)15/h2-8,16H,1H3,(H,17,19). The van der Waals surface area contributed by atoms with Gasteiger partial charge in [-0.3, -0.25) is 14.9 Å². The molecule has 0 spiro atoms. The van der Waals surface area contributed by atoms with Crippen LogP contribution in [-0.2, 0) is 0 Å². The number of anilines is 2. The average Bonchev–Trinajstić information content (AvgIpc) is 2.48. The highest BCUT2D eigenvalue weighted by Crippen LogP contribution is 2.29. The lowest BCUT2D eigenvalue weighted by Gasteiger charge is -2.09. The number of nitrogens with one attached hydrogen (secondary N) is 2. The minimum atomic E-state index is -0.569. The van der Waals surface area contributed by atoms with Crippen LogP contribution in [0, 0.1) is 10.1 Å². The smallest absolute Gasteiger partial charge is 0.305 e. The third kappa shape index (κ3) is 3.19. The Morgan fingerprint density at radius 3 is 2.43 bits per heavy atom. The highest BCUT2D eigenvalue weighted by Gasteiger charge is 2.24. The second-order valence-corrected chi connectivity index (χ2v) is 5.00. The molecule has 0 aliphatic rings. The molecule has 0 atom stereocenters. The van der Waals surface area contributed by atoms with Gasteiger partial charge < -0.3 is 10.6 Å². The van der Waals surface area contributed by atoms with Gasteiger partial charge in [0.2, 0.25) is 0 Å². The largest absolute Gasteiger partial charge is 0.383 e. The van der Waals surface area contributed by atoms with Gasteiger partial charge in [-0.05, 0) is 40.2 Å². The number of carbonyl (C=O) groups is 1. The SMILES string of the molecule is CNc1cccc(C(=O)Nc2ccccc2Br)c1[N+](=O)[O-]. The summed E-state index contributed by atoms with van der Waals surface area (Å²) < 4.78 is 0.700. The first kappa shape index (κ1) is 15.0. The van der Waals surface area contributed by atoms with Gasteiger partial charge in [-0.15, -0.1) is 0 Å². The van der Waals surface area contributed by atoms with Gasteiger partial charge in [-0.2, -0.15) is 0 Å². The van der Waals surface area contributed by atoms with E-state index in [1.807, 2.05) is 6.07 Å². The molecule has 0 bridgehead atoms. The Hall–Kier alpha value is -2.41. The predicted molar refractivity (Wildman–Crippen MR) is 84.7 cm³/mol. The van der Waals surface area contributed by atoms with Crippen molar-refractivity contribution in [3.63, 3.8) is 0 Å². The highest BCUT2D eigenvalue weighted by atomic mass is 79.9. The van der Waals surface area contributed by atoms with Crippen molar-refractivity contribution < 1.29 is 9.72 Å². The molecule has 6 nitrogen and oxygen atoms in total. The highest BCUT2D eigenvalue weighted by molar-refractivity contribution is 9.10. The molecule has 0 radical (unpaired) electrons. The van der Waals surface area contributed by atoms with Crippen molar-refractivity contribution in [1.82, 2.24) is 0 Å². The molecule has 1 amide bonds. The van der Waals surface area contributed by atoms with Crippen molar-refractivity contribution in [1.29, 1.82) is 0 Å². The fourth-order valence-corrected chi connectivity index (χ4v) is 2.26. The van der Waals surface area contributed by atoms with E-state index < -0.39 is 10.8 Å². The van der Waals surface area contributed by atoms with Crippen LogP contribution in [0.4, 0.5) is 17.1 Å². The zero-order valence-electron chi connectivity index (χ0n) is 11.1. The molecule has 2 N–H and O–H groups in total. The van der Waals surface area contributed by atoms with Crippen molar-refractivity contribution in [2.45, 2.75) is 0 Å². The van der Waals surface area contributed by atoms with Crippen molar-refractivity contribution in [3.05, 3.63) is 62.6 Å². The summed E-state index contributed by atoms with van der Waals surface area (Å²) in [6, 6.07) is 11.6. The molecule has 2 aromatic carbocycles. The Labute approximate surface area is 129 Å². The van der Waals surface area contributed by atoms with Crippen molar-refractivity contribution in [2.24, 2.45) is 0 Å². The summed E-state index contributed by atoms with van der Waals surface area (Å²) in [4.78, 5) is 22.9. The van der Waals surface area contributed by atoms with E-state index in [2.05, 4.69) is 26.6 Å². The molecule has 0 heterocycles. The predicted octanol–water partition coefficient (Wildman–Crippen LogP) is 3.65. The Morgan fingerprint density at radius 2 is 1.81 bits per heavy atom. The van der Waals surface area contributed by atoms with Crippen LogP contribution in [0.2, 0.25) is 0 Å². The van der Waals surface area contributed by atoms with Crippen molar-refractivity contribution >= 4 is 38.9 Å². The minimum absolute atomic E-state index is 0.00241. The maximum Gasteiger partial charge on any atom is 0.305 e. The monoisotopic (exact) mass is 349 g/mol. The third-order valence-electron chi connectivity index (χ3n) is 2.85. The maximum atomic E-state index is 12.3. The number of amides is 1. The Kier molecular flexibility index (Phi) is 4.54. The number of nitro groups is 1. The lowest BCUT2D eigenvalue weighted by Crippen LogP contribution is -2.15. The molecular weight excluding hydrogens is 338 g/mol. The normalized spacial score (nSPS) is 10.0. The molecule has 0 saturated heterocycles. The number of nitrogens with zero attached hydrogens (tertiary/aromatic N) is 1. The molecule has 0 saturated carbocycles. The third-order valence-corrected chi connectivity index (χ3v) is 3.55. The summed E-state index contributed by atoms with van der Waals surface area (Å²) in [7, 11) is 1.57. The van der Waals surface area contributed by atoms with Gasteiger partial charge in [0.25, 0.3) is 5.91 Å². The topological polar surface area (TPSA) is 84.3 Å². The Balaban J connectivity index is 2.40. The summed E-state index contributed by atoms with van der Waals surface area (Å²) in [5, 5.41) is 16.6. The van der Waals surface area contributed by atoms with Crippen molar-refractivity contribution in [2.75, 3.05) is 17.7 Å². The van der Waals surface area contributed by atoms with E-state index >= 15 is 0 Å². The second-order valence-electron chi connectivity index (χ2n) is 4.14. The minimum Gasteiger partial charge on any atom is -0.383 e. The molecule has 21 heavy (non-hydrogen) atoms. The summed E-state index contributed by atoms with van der Waals surface area (Å²) >= 11 is 3.31. The first-order chi connectivity index (χ1) is 10.0. The first-order valence-corrected chi connectivity index (χ1v) is 6.85. The number of benzene rings is 2. The van der Waals surface area contributed by atoms with E-state index in [-0.39, 0.29) is 11.3 Å². The van der Waals surface area contributed by atoms with Crippen LogP contribution in [0.15, 0.2) is 46.9 Å². The Morgan fingerprint density at radius 1 is 1.14 bits per heavy atom. The summed E-state index contributed by atoms with van der Waals surface area (Å²) in [5.41, 5.74) is 0.596. The molecule has 108 valence electrons. The zero-order chi connectivity index (χ0) is 15.4. The molecule has 0 aromatic heterocycles. The number of rotatable bonds is 4. The number of carbonyl (C=O) groups excluding carboxylic acids is 1. The van der Waals surface area contributed by atoms with Crippen LogP contribution in [-0.4, -0.2) is 17.9 Å².